The minimum atomic E-state index is -0.132. The Morgan fingerprint density at radius 1 is 1.24 bits per heavy atom. The van der Waals surface area contributed by atoms with E-state index >= 15 is 0 Å². The second kappa shape index (κ2) is 10.5. The normalized spacial score (nSPS) is 18.4. The van der Waals surface area contributed by atoms with Crippen LogP contribution in [0.1, 0.15) is 47.5 Å². The fourth-order valence-electron chi connectivity index (χ4n) is 1.03. The van der Waals surface area contributed by atoms with E-state index in [1.807, 2.05) is 34.6 Å². The van der Waals surface area contributed by atoms with Crippen LogP contribution in [-0.4, -0.2) is 38.4 Å². The van der Waals surface area contributed by atoms with Crippen molar-refractivity contribution in [3.8, 4) is 0 Å². The second-order valence-electron chi connectivity index (χ2n) is 4.49. The Hall–Kier alpha value is -0.610. The van der Waals surface area contributed by atoms with E-state index in [9.17, 15) is 4.79 Å². The van der Waals surface area contributed by atoms with Gasteiger partial charge in [0.05, 0.1) is 12.7 Å². The molecule has 1 atom stereocenters. The molecular formula is C13H29NO3. The average molecular weight is 247 g/mol. The fraction of sp³-hybridized carbons (Fsp3) is 0.923. The Balaban J connectivity index is 0. The standard InChI is InChI=1S/C6H11NO2.C5H12O.C2H6/c1-9-6(8)5-3-2-4-7-5;1-5(2,3)6-4;1-2/h5,7H,2-4H2,1H3;1-4H3;1-2H3. The molecule has 0 amide bonds. The van der Waals surface area contributed by atoms with Crippen molar-refractivity contribution in [2.45, 2.75) is 59.1 Å². The first-order valence-electron chi connectivity index (χ1n) is 6.27. The molecule has 0 saturated carbocycles. The van der Waals surface area contributed by atoms with E-state index in [2.05, 4.69) is 10.1 Å². The van der Waals surface area contributed by atoms with Gasteiger partial charge in [-0.15, -0.1) is 0 Å². The molecule has 1 aliphatic heterocycles. The van der Waals surface area contributed by atoms with Crippen molar-refractivity contribution in [2.75, 3.05) is 20.8 Å². The summed E-state index contributed by atoms with van der Waals surface area (Å²) in [7, 11) is 3.13. The Bertz CT molecular complexity index is 182. The molecule has 1 fully saturated rings. The molecule has 4 heteroatoms. The number of nitrogens with one attached hydrogen (secondary N) is 1. The lowest BCUT2D eigenvalue weighted by Gasteiger charge is -2.14. The molecule has 0 aromatic rings. The van der Waals surface area contributed by atoms with E-state index in [-0.39, 0.29) is 17.6 Å². The number of hydrogen-bond donors (Lipinski definition) is 1. The number of rotatable bonds is 1. The molecule has 104 valence electrons. The van der Waals surface area contributed by atoms with Gasteiger partial charge in [0.15, 0.2) is 0 Å². The Kier molecular flexibility index (Phi) is 11.6. The van der Waals surface area contributed by atoms with Crippen LogP contribution in [0.5, 0.6) is 0 Å². The van der Waals surface area contributed by atoms with E-state index in [0.29, 0.717) is 0 Å². The van der Waals surface area contributed by atoms with Gasteiger partial charge in [-0.3, -0.25) is 4.79 Å². The molecule has 0 aromatic heterocycles. The van der Waals surface area contributed by atoms with Crippen molar-refractivity contribution < 1.29 is 14.3 Å². The van der Waals surface area contributed by atoms with Crippen LogP contribution in [0.3, 0.4) is 0 Å². The van der Waals surface area contributed by atoms with Gasteiger partial charge in [-0.2, -0.15) is 0 Å². The summed E-state index contributed by atoms with van der Waals surface area (Å²) in [6.07, 6.45) is 2.01. The summed E-state index contributed by atoms with van der Waals surface area (Å²) in [6, 6.07) is -0.0324. The van der Waals surface area contributed by atoms with Gasteiger partial charge in [0.25, 0.3) is 0 Å². The van der Waals surface area contributed by atoms with Crippen molar-refractivity contribution in [3.63, 3.8) is 0 Å². The van der Waals surface area contributed by atoms with E-state index in [1.165, 1.54) is 7.11 Å². The van der Waals surface area contributed by atoms with Crippen LogP contribution < -0.4 is 5.32 Å². The van der Waals surface area contributed by atoms with Crippen molar-refractivity contribution in [2.24, 2.45) is 0 Å². The highest BCUT2D eigenvalue weighted by Crippen LogP contribution is 2.05. The summed E-state index contributed by atoms with van der Waals surface area (Å²) in [5.41, 5.74) is 0.0417. The van der Waals surface area contributed by atoms with Crippen LogP contribution in [0.2, 0.25) is 0 Å². The Morgan fingerprint density at radius 2 is 1.71 bits per heavy atom. The van der Waals surface area contributed by atoms with Gasteiger partial charge in [-0.1, -0.05) is 13.8 Å². The first-order chi connectivity index (χ1) is 7.90. The zero-order valence-corrected chi connectivity index (χ0v) is 12.4. The Labute approximate surface area is 106 Å². The summed E-state index contributed by atoms with van der Waals surface area (Å²) in [5.74, 6) is -0.132. The molecule has 1 unspecified atom stereocenters. The van der Waals surface area contributed by atoms with Gasteiger partial charge in [0, 0.05) is 7.11 Å². The number of methoxy groups -OCH3 is 2. The molecule has 1 heterocycles. The van der Waals surface area contributed by atoms with Crippen LogP contribution in [0.25, 0.3) is 0 Å². The molecule has 0 aliphatic carbocycles. The minimum Gasteiger partial charge on any atom is -0.468 e. The van der Waals surface area contributed by atoms with Crippen LogP contribution in [0, 0.1) is 0 Å². The minimum absolute atomic E-state index is 0.0324. The molecule has 1 N–H and O–H groups in total. The van der Waals surface area contributed by atoms with Crippen LogP contribution in [-0.2, 0) is 14.3 Å². The monoisotopic (exact) mass is 247 g/mol. The van der Waals surface area contributed by atoms with Crippen LogP contribution in [0.15, 0.2) is 0 Å². The largest absolute Gasteiger partial charge is 0.468 e. The van der Waals surface area contributed by atoms with Crippen LogP contribution in [0.4, 0.5) is 0 Å². The summed E-state index contributed by atoms with van der Waals surface area (Å²) in [6.45, 7) is 11.0. The van der Waals surface area contributed by atoms with Gasteiger partial charge < -0.3 is 14.8 Å². The number of ether oxygens (including phenoxy) is 2. The number of carbonyl (C=O) groups is 1. The quantitative estimate of drug-likeness (QED) is 0.723. The van der Waals surface area contributed by atoms with Crippen molar-refractivity contribution in [1.82, 2.24) is 5.32 Å². The zero-order valence-electron chi connectivity index (χ0n) is 12.4. The lowest BCUT2D eigenvalue weighted by atomic mass is 10.2. The third-order valence-electron chi connectivity index (χ3n) is 2.16. The molecule has 1 saturated heterocycles. The van der Waals surface area contributed by atoms with Crippen LogP contribution >= 0.6 is 0 Å². The highest BCUT2D eigenvalue weighted by atomic mass is 16.5. The summed E-state index contributed by atoms with van der Waals surface area (Å²) in [4.78, 5) is 10.7. The highest BCUT2D eigenvalue weighted by Gasteiger charge is 2.21. The van der Waals surface area contributed by atoms with E-state index in [1.54, 1.807) is 7.11 Å². The van der Waals surface area contributed by atoms with Crippen molar-refractivity contribution >= 4 is 5.97 Å². The number of carbonyl (C=O) groups excluding carboxylic acids is 1. The molecule has 0 spiro atoms. The zero-order chi connectivity index (χ0) is 13.9. The second-order valence-corrected chi connectivity index (χ2v) is 4.49. The maximum atomic E-state index is 10.7. The van der Waals surface area contributed by atoms with E-state index < -0.39 is 0 Å². The topological polar surface area (TPSA) is 47.6 Å². The summed E-state index contributed by atoms with van der Waals surface area (Å²) in [5, 5.41) is 3.03. The van der Waals surface area contributed by atoms with Crippen molar-refractivity contribution in [3.05, 3.63) is 0 Å². The van der Waals surface area contributed by atoms with Gasteiger partial charge >= 0.3 is 5.97 Å². The lowest BCUT2D eigenvalue weighted by Crippen LogP contribution is -2.31. The summed E-state index contributed by atoms with van der Waals surface area (Å²) < 4.78 is 9.47. The maximum Gasteiger partial charge on any atom is 0.322 e. The van der Waals surface area contributed by atoms with Gasteiger partial charge in [-0.25, -0.2) is 0 Å². The number of esters is 1. The molecule has 0 bridgehead atoms. The molecule has 1 rings (SSSR count). The first kappa shape index (κ1) is 18.7. The molecule has 17 heavy (non-hydrogen) atoms. The van der Waals surface area contributed by atoms with Gasteiger partial charge in [-0.05, 0) is 40.2 Å². The van der Waals surface area contributed by atoms with E-state index in [0.717, 1.165) is 19.4 Å². The van der Waals surface area contributed by atoms with Crippen molar-refractivity contribution in [1.29, 1.82) is 0 Å². The molecule has 0 radical (unpaired) electrons. The van der Waals surface area contributed by atoms with Gasteiger partial charge in [0.1, 0.15) is 6.04 Å². The van der Waals surface area contributed by atoms with Gasteiger partial charge in [0.2, 0.25) is 0 Å². The third-order valence-corrected chi connectivity index (χ3v) is 2.16. The molecule has 4 nitrogen and oxygen atoms in total. The predicted molar refractivity (Wildman–Crippen MR) is 71.2 cm³/mol. The smallest absolute Gasteiger partial charge is 0.322 e. The highest BCUT2D eigenvalue weighted by molar-refractivity contribution is 5.75. The number of hydrogen-bond acceptors (Lipinski definition) is 4. The average Bonchev–Trinajstić information content (AvgIpc) is 2.84. The molecule has 1 aliphatic rings. The lowest BCUT2D eigenvalue weighted by molar-refractivity contribution is -0.142. The molecule has 0 aromatic carbocycles. The maximum absolute atomic E-state index is 10.7. The summed E-state index contributed by atoms with van der Waals surface area (Å²) >= 11 is 0. The van der Waals surface area contributed by atoms with E-state index in [4.69, 9.17) is 4.74 Å². The SMILES string of the molecule is CC.COC(=O)C1CCCN1.COC(C)(C)C. The predicted octanol–water partition coefficient (Wildman–Crippen LogP) is 2.37. The third kappa shape index (κ3) is 11.6. The molecular weight excluding hydrogens is 218 g/mol. The first-order valence-corrected chi connectivity index (χ1v) is 6.27. The fourth-order valence-corrected chi connectivity index (χ4v) is 1.03. The Morgan fingerprint density at radius 3 is 1.94 bits per heavy atom.